The molecule has 1 aromatic heterocycles. The molecule has 2 rings (SSSR count). The first-order valence-electron chi connectivity index (χ1n) is 5.87. The number of aromatic nitrogens is 1. The summed E-state index contributed by atoms with van der Waals surface area (Å²) in [7, 11) is 4.15. The average molecular weight is 236 g/mol. The first kappa shape index (κ1) is 12.1. The highest BCUT2D eigenvalue weighted by Gasteiger charge is 2.19. The lowest BCUT2D eigenvalue weighted by Crippen LogP contribution is -2.45. The summed E-state index contributed by atoms with van der Waals surface area (Å²) in [6.07, 6.45) is 3.68. The fourth-order valence-corrected chi connectivity index (χ4v) is 2.13. The maximum Gasteiger partial charge on any atom is 0.0876 e. The van der Waals surface area contributed by atoms with Crippen LogP contribution in [0.25, 0.3) is 0 Å². The van der Waals surface area contributed by atoms with E-state index in [1.54, 1.807) is 12.4 Å². The normalized spacial score (nSPS) is 21.4. The van der Waals surface area contributed by atoms with Crippen LogP contribution in [0.4, 0.5) is 11.4 Å². The third-order valence-electron chi connectivity index (χ3n) is 3.06. The van der Waals surface area contributed by atoms with E-state index in [1.165, 1.54) is 0 Å². The summed E-state index contributed by atoms with van der Waals surface area (Å²) < 4.78 is 5.74. The second-order valence-corrected chi connectivity index (χ2v) is 4.57. The van der Waals surface area contributed by atoms with Crippen molar-refractivity contribution in [1.82, 2.24) is 9.88 Å². The molecular formula is C12H20N4O. The number of nitrogens with zero attached hydrogens (tertiary/aromatic N) is 3. The van der Waals surface area contributed by atoms with Gasteiger partial charge in [-0.05, 0) is 13.1 Å². The van der Waals surface area contributed by atoms with E-state index in [0.29, 0.717) is 5.69 Å². The first-order valence-corrected chi connectivity index (χ1v) is 5.87. The molecule has 1 fully saturated rings. The molecule has 0 aliphatic carbocycles. The average Bonchev–Trinajstić information content (AvgIpc) is 2.29. The van der Waals surface area contributed by atoms with Gasteiger partial charge < -0.3 is 20.3 Å². The van der Waals surface area contributed by atoms with Crippen LogP contribution < -0.4 is 10.6 Å². The SMILES string of the molecule is CN1CCOC(CN(C)c2ccncc2N)C1. The molecule has 5 heteroatoms. The highest BCUT2D eigenvalue weighted by atomic mass is 16.5. The Balaban J connectivity index is 1.97. The van der Waals surface area contributed by atoms with Gasteiger partial charge in [0.1, 0.15) is 0 Å². The summed E-state index contributed by atoms with van der Waals surface area (Å²) in [6.45, 7) is 3.63. The van der Waals surface area contributed by atoms with Gasteiger partial charge in [0, 0.05) is 32.9 Å². The van der Waals surface area contributed by atoms with Crippen molar-refractivity contribution in [3.63, 3.8) is 0 Å². The maximum atomic E-state index is 5.90. The Kier molecular flexibility index (Phi) is 3.81. The molecule has 0 spiro atoms. The van der Waals surface area contributed by atoms with Crippen LogP contribution >= 0.6 is 0 Å². The van der Waals surface area contributed by atoms with Crippen molar-refractivity contribution in [3.05, 3.63) is 18.5 Å². The Morgan fingerprint density at radius 3 is 3.18 bits per heavy atom. The molecule has 1 aromatic rings. The second-order valence-electron chi connectivity index (χ2n) is 4.57. The van der Waals surface area contributed by atoms with Gasteiger partial charge in [-0.15, -0.1) is 0 Å². The monoisotopic (exact) mass is 236 g/mol. The predicted molar refractivity (Wildman–Crippen MR) is 69.2 cm³/mol. The van der Waals surface area contributed by atoms with Crippen molar-refractivity contribution in [1.29, 1.82) is 0 Å². The number of hydrogen-bond acceptors (Lipinski definition) is 5. The van der Waals surface area contributed by atoms with Gasteiger partial charge in [-0.3, -0.25) is 4.98 Å². The zero-order valence-corrected chi connectivity index (χ0v) is 10.5. The zero-order valence-electron chi connectivity index (χ0n) is 10.5. The molecule has 1 aliphatic rings. The van der Waals surface area contributed by atoms with Crippen LogP contribution in [-0.4, -0.2) is 56.3 Å². The van der Waals surface area contributed by atoms with Crippen LogP contribution in [0.15, 0.2) is 18.5 Å². The van der Waals surface area contributed by atoms with E-state index in [-0.39, 0.29) is 6.10 Å². The number of hydrogen-bond donors (Lipinski definition) is 1. The highest BCUT2D eigenvalue weighted by molar-refractivity contribution is 5.65. The van der Waals surface area contributed by atoms with Gasteiger partial charge in [-0.25, -0.2) is 0 Å². The van der Waals surface area contributed by atoms with Crippen LogP contribution in [0.1, 0.15) is 0 Å². The topological polar surface area (TPSA) is 54.6 Å². The van der Waals surface area contributed by atoms with E-state index in [4.69, 9.17) is 10.5 Å². The lowest BCUT2D eigenvalue weighted by Gasteiger charge is -2.33. The zero-order chi connectivity index (χ0) is 12.3. The van der Waals surface area contributed by atoms with Gasteiger partial charge in [0.05, 0.1) is 30.3 Å². The van der Waals surface area contributed by atoms with Crippen molar-refractivity contribution in [2.24, 2.45) is 0 Å². The van der Waals surface area contributed by atoms with E-state index in [2.05, 4.69) is 21.8 Å². The minimum atomic E-state index is 0.242. The number of anilines is 2. The number of morpholine rings is 1. The smallest absolute Gasteiger partial charge is 0.0876 e. The van der Waals surface area contributed by atoms with Gasteiger partial charge >= 0.3 is 0 Å². The lowest BCUT2D eigenvalue weighted by atomic mass is 10.2. The molecule has 0 bridgehead atoms. The van der Waals surface area contributed by atoms with Gasteiger partial charge in [-0.1, -0.05) is 0 Å². The predicted octanol–water partition coefficient (Wildman–Crippen LogP) is 0.431. The quantitative estimate of drug-likeness (QED) is 0.825. The summed E-state index contributed by atoms with van der Waals surface area (Å²) >= 11 is 0. The van der Waals surface area contributed by atoms with Crippen molar-refractivity contribution in [2.75, 3.05) is 51.0 Å². The third-order valence-corrected chi connectivity index (χ3v) is 3.06. The molecule has 2 N–H and O–H groups in total. The van der Waals surface area contributed by atoms with Crippen LogP contribution in [0.2, 0.25) is 0 Å². The summed E-state index contributed by atoms with van der Waals surface area (Å²) in [5.74, 6) is 0. The van der Waals surface area contributed by atoms with Gasteiger partial charge in [0.15, 0.2) is 0 Å². The molecule has 17 heavy (non-hydrogen) atoms. The van der Waals surface area contributed by atoms with Crippen molar-refractivity contribution in [3.8, 4) is 0 Å². The molecule has 2 heterocycles. The minimum absolute atomic E-state index is 0.242. The summed E-state index contributed by atoms with van der Waals surface area (Å²) in [4.78, 5) is 8.41. The number of nitrogen functional groups attached to an aromatic ring is 1. The fourth-order valence-electron chi connectivity index (χ4n) is 2.13. The van der Waals surface area contributed by atoms with Crippen LogP contribution in [0.3, 0.4) is 0 Å². The molecule has 5 nitrogen and oxygen atoms in total. The van der Waals surface area contributed by atoms with Crippen molar-refractivity contribution >= 4 is 11.4 Å². The minimum Gasteiger partial charge on any atom is -0.396 e. The number of pyridine rings is 1. The Labute approximate surface area is 102 Å². The number of ether oxygens (including phenoxy) is 1. The molecule has 1 unspecified atom stereocenters. The van der Waals surface area contributed by atoms with E-state index in [9.17, 15) is 0 Å². The van der Waals surface area contributed by atoms with Crippen molar-refractivity contribution in [2.45, 2.75) is 6.10 Å². The molecule has 1 aliphatic heterocycles. The molecule has 1 atom stereocenters. The summed E-state index contributed by atoms with van der Waals surface area (Å²) in [5.41, 5.74) is 7.62. The lowest BCUT2D eigenvalue weighted by molar-refractivity contribution is -0.0142. The molecule has 0 aromatic carbocycles. The standard InChI is InChI=1S/C12H20N4O/c1-15-5-6-17-10(8-15)9-16(2)12-3-4-14-7-11(12)13/h3-4,7,10H,5-6,8-9,13H2,1-2H3. The van der Waals surface area contributed by atoms with Gasteiger partial charge in [0.2, 0.25) is 0 Å². The van der Waals surface area contributed by atoms with E-state index in [0.717, 1.165) is 31.9 Å². The Morgan fingerprint density at radius 1 is 1.65 bits per heavy atom. The Morgan fingerprint density at radius 2 is 2.47 bits per heavy atom. The van der Waals surface area contributed by atoms with E-state index in [1.807, 2.05) is 13.1 Å². The Hall–Kier alpha value is -1.33. The van der Waals surface area contributed by atoms with E-state index < -0.39 is 0 Å². The molecule has 0 saturated carbocycles. The largest absolute Gasteiger partial charge is 0.396 e. The van der Waals surface area contributed by atoms with Crippen LogP contribution in [0, 0.1) is 0 Å². The van der Waals surface area contributed by atoms with Crippen molar-refractivity contribution < 1.29 is 4.74 Å². The summed E-state index contributed by atoms with van der Waals surface area (Å²) in [5, 5.41) is 0. The number of likely N-dealkylation sites (N-methyl/N-ethyl adjacent to an activating group) is 2. The highest BCUT2D eigenvalue weighted by Crippen LogP contribution is 2.20. The second kappa shape index (κ2) is 5.33. The Bertz CT molecular complexity index is 371. The fraction of sp³-hybridized carbons (Fsp3) is 0.583. The van der Waals surface area contributed by atoms with E-state index >= 15 is 0 Å². The molecule has 94 valence electrons. The number of nitrogens with two attached hydrogens (primary N) is 1. The molecule has 1 saturated heterocycles. The van der Waals surface area contributed by atoms with Gasteiger partial charge in [-0.2, -0.15) is 0 Å². The first-order chi connectivity index (χ1) is 8.16. The maximum absolute atomic E-state index is 5.90. The molecule has 0 radical (unpaired) electrons. The van der Waals surface area contributed by atoms with Crippen LogP contribution in [-0.2, 0) is 4.74 Å². The summed E-state index contributed by atoms with van der Waals surface area (Å²) in [6, 6.07) is 1.93. The van der Waals surface area contributed by atoms with Crippen LogP contribution in [0.5, 0.6) is 0 Å². The molecular weight excluding hydrogens is 216 g/mol. The van der Waals surface area contributed by atoms with Gasteiger partial charge in [0.25, 0.3) is 0 Å². The number of rotatable bonds is 3. The third kappa shape index (κ3) is 3.08. The molecule has 0 amide bonds.